The number of aromatic nitrogens is 4. The summed E-state index contributed by atoms with van der Waals surface area (Å²) in [5.41, 5.74) is 12.2. The first kappa shape index (κ1) is 10.3. The molecule has 3 aromatic rings. The van der Waals surface area contributed by atoms with Gasteiger partial charge in [0.15, 0.2) is 0 Å². The van der Waals surface area contributed by atoms with Gasteiger partial charge in [-0.15, -0.1) is 10.2 Å². The van der Waals surface area contributed by atoms with Crippen molar-refractivity contribution in [1.82, 2.24) is 20.4 Å². The molecule has 4 N–H and O–H groups in total. The predicted octanol–water partition coefficient (Wildman–Crippen LogP) is 0.951. The van der Waals surface area contributed by atoms with Crippen LogP contribution in [-0.4, -0.2) is 20.4 Å². The highest BCUT2D eigenvalue weighted by molar-refractivity contribution is 5.61. The summed E-state index contributed by atoms with van der Waals surface area (Å²) < 4.78 is 10.2. The monoisotopic (exact) mass is 244 g/mol. The van der Waals surface area contributed by atoms with Gasteiger partial charge in [-0.05, 0) is 24.3 Å². The number of nitrogens with two attached hydrogens (primary N) is 2. The van der Waals surface area contributed by atoms with Crippen molar-refractivity contribution in [1.29, 1.82) is 0 Å². The molecular weight excluding hydrogens is 236 g/mol. The lowest BCUT2D eigenvalue weighted by Gasteiger charge is -1.96. The number of nitrogens with zero attached hydrogens (tertiary/aromatic N) is 4. The summed E-state index contributed by atoms with van der Waals surface area (Å²) in [6.07, 6.45) is 0. The molecule has 2 heterocycles. The van der Waals surface area contributed by atoms with Crippen LogP contribution in [0, 0.1) is 0 Å². The van der Waals surface area contributed by atoms with E-state index >= 15 is 0 Å². The van der Waals surface area contributed by atoms with Crippen molar-refractivity contribution in [2.24, 2.45) is 0 Å². The first-order valence-electron chi connectivity index (χ1n) is 5.01. The second-order valence-corrected chi connectivity index (χ2v) is 3.47. The van der Waals surface area contributed by atoms with Crippen molar-refractivity contribution in [2.75, 3.05) is 11.5 Å². The molecule has 0 saturated carbocycles. The number of benzene rings is 1. The predicted molar refractivity (Wildman–Crippen MR) is 61.9 cm³/mol. The van der Waals surface area contributed by atoms with Gasteiger partial charge in [-0.1, -0.05) is 10.2 Å². The molecule has 0 aliphatic carbocycles. The Hall–Kier alpha value is -2.90. The van der Waals surface area contributed by atoms with Gasteiger partial charge in [0, 0.05) is 11.1 Å². The van der Waals surface area contributed by atoms with Gasteiger partial charge in [0.2, 0.25) is 11.8 Å². The van der Waals surface area contributed by atoms with Crippen molar-refractivity contribution in [2.45, 2.75) is 0 Å². The van der Waals surface area contributed by atoms with Crippen molar-refractivity contribution >= 4 is 12.0 Å². The summed E-state index contributed by atoms with van der Waals surface area (Å²) in [6, 6.07) is 7.17. The third kappa shape index (κ3) is 1.75. The van der Waals surface area contributed by atoms with E-state index in [4.69, 9.17) is 20.3 Å². The molecule has 8 nitrogen and oxygen atoms in total. The van der Waals surface area contributed by atoms with E-state index < -0.39 is 0 Å². The molecule has 0 aliphatic heterocycles. The van der Waals surface area contributed by atoms with Crippen LogP contribution in [0.1, 0.15) is 0 Å². The third-order valence-corrected chi connectivity index (χ3v) is 2.26. The standard InChI is InChI=1S/C10H8N6O2/c11-9-15-13-7(17-9)5-1-2-6(4-3-5)8-14-16-10(12)18-8/h1-4H,(H2,11,15)(H2,12,16). The fourth-order valence-electron chi connectivity index (χ4n) is 1.46. The lowest BCUT2D eigenvalue weighted by molar-refractivity contribution is 0.588. The molecule has 18 heavy (non-hydrogen) atoms. The highest BCUT2D eigenvalue weighted by Gasteiger charge is 2.09. The zero-order valence-electron chi connectivity index (χ0n) is 9.07. The Morgan fingerprint density at radius 1 is 0.667 bits per heavy atom. The second-order valence-electron chi connectivity index (χ2n) is 3.47. The minimum Gasteiger partial charge on any atom is -0.404 e. The Morgan fingerprint density at radius 2 is 1.06 bits per heavy atom. The van der Waals surface area contributed by atoms with Gasteiger partial charge in [0.05, 0.1) is 0 Å². The minimum atomic E-state index is 0.0266. The normalized spacial score (nSPS) is 10.7. The second kappa shape index (κ2) is 3.84. The maximum absolute atomic E-state index is 5.35. The van der Waals surface area contributed by atoms with Crippen LogP contribution in [0.25, 0.3) is 22.9 Å². The fourth-order valence-corrected chi connectivity index (χ4v) is 1.46. The lowest BCUT2D eigenvalue weighted by Crippen LogP contribution is -1.81. The van der Waals surface area contributed by atoms with Crippen molar-refractivity contribution in [3.8, 4) is 22.9 Å². The number of nitrogen functional groups attached to an aromatic ring is 2. The molecular formula is C10H8N6O2. The highest BCUT2D eigenvalue weighted by Crippen LogP contribution is 2.23. The van der Waals surface area contributed by atoms with E-state index in [0.717, 1.165) is 11.1 Å². The first-order valence-corrected chi connectivity index (χ1v) is 5.01. The van der Waals surface area contributed by atoms with Crippen LogP contribution in [0.3, 0.4) is 0 Å². The van der Waals surface area contributed by atoms with Gasteiger partial charge < -0.3 is 20.3 Å². The Kier molecular flexibility index (Phi) is 2.19. The molecule has 0 radical (unpaired) electrons. The quantitative estimate of drug-likeness (QED) is 0.681. The van der Waals surface area contributed by atoms with Gasteiger partial charge in [0.1, 0.15) is 0 Å². The van der Waals surface area contributed by atoms with E-state index in [-0.39, 0.29) is 12.0 Å². The maximum atomic E-state index is 5.35. The Bertz CT molecular complexity index is 613. The van der Waals surface area contributed by atoms with Crippen molar-refractivity contribution in [3.05, 3.63) is 24.3 Å². The molecule has 0 fully saturated rings. The molecule has 0 saturated heterocycles. The van der Waals surface area contributed by atoms with Crippen molar-refractivity contribution in [3.63, 3.8) is 0 Å². The van der Waals surface area contributed by atoms with Crippen LogP contribution in [-0.2, 0) is 0 Å². The Morgan fingerprint density at radius 3 is 1.33 bits per heavy atom. The first-order chi connectivity index (χ1) is 8.72. The number of anilines is 2. The molecule has 0 bridgehead atoms. The van der Waals surface area contributed by atoms with Crippen LogP contribution in [0.5, 0.6) is 0 Å². The van der Waals surface area contributed by atoms with E-state index in [2.05, 4.69) is 20.4 Å². The van der Waals surface area contributed by atoms with E-state index in [9.17, 15) is 0 Å². The molecule has 1 aromatic carbocycles. The zero-order chi connectivity index (χ0) is 12.5. The van der Waals surface area contributed by atoms with Gasteiger partial charge in [-0.2, -0.15) is 0 Å². The number of rotatable bonds is 2. The molecule has 90 valence electrons. The van der Waals surface area contributed by atoms with Crippen molar-refractivity contribution < 1.29 is 8.83 Å². The zero-order valence-corrected chi connectivity index (χ0v) is 9.07. The van der Waals surface area contributed by atoms with Gasteiger partial charge >= 0.3 is 12.0 Å². The summed E-state index contributed by atoms with van der Waals surface area (Å²) in [5.74, 6) is 0.702. The summed E-state index contributed by atoms with van der Waals surface area (Å²) in [5, 5.41) is 14.7. The molecule has 0 aliphatic rings. The highest BCUT2D eigenvalue weighted by atomic mass is 16.4. The maximum Gasteiger partial charge on any atom is 0.313 e. The number of hydrogen-bond donors (Lipinski definition) is 2. The van der Waals surface area contributed by atoms with Crippen LogP contribution in [0.2, 0.25) is 0 Å². The summed E-state index contributed by atoms with van der Waals surface area (Å²) >= 11 is 0. The van der Waals surface area contributed by atoms with Crippen LogP contribution in [0.15, 0.2) is 33.1 Å². The van der Waals surface area contributed by atoms with Crippen LogP contribution >= 0.6 is 0 Å². The van der Waals surface area contributed by atoms with Gasteiger partial charge in [-0.25, -0.2) is 0 Å². The molecule has 2 aromatic heterocycles. The average molecular weight is 244 g/mol. The topological polar surface area (TPSA) is 130 Å². The smallest absolute Gasteiger partial charge is 0.313 e. The Labute approximate surface area is 101 Å². The van der Waals surface area contributed by atoms with E-state index in [1.165, 1.54) is 0 Å². The molecule has 3 rings (SSSR count). The average Bonchev–Trinajstić information content (AvgIpc) is 2.98. The largest absolute Gasteiger partial charge is 0.404 e. The molecule has 8 heteroatoms. The lowest BCUT2D eigenvalue weighted by atomic mass is 10.1. The SMILES string of the molecule is Nc1nnc(-c2ccc(-c3nnc(N)o3)cc2)o1. The van der Waals surface area contributed by atoms with Crippen LogP contribution in [0.4, 0.5) is 12.0 Å². The fraction of sp³-hybridized carbons (Fsp3) is 0. The molecule has 0 atom stereocenters. The van der Waals surface area contributed by atoms with E-state index in [1.54, 1.807) is 24.3 Å². The minimum absolute atomic E-state index is 0.0266. The van der Waals surface area contributed by atoms with E-state index in [0.29, 0.717) is 11.8 Å². The molecule has 0 unspecified atom stereocenters. The Balaban J connectivity index is 1.94. The molecule has 0 amide bonds. The van der Waals surface area contributed by atoms with Crippen LogP contribution < -0.4 is 11.5 Å². The van der Waals surface area contributed by atoms with Gasteiger partial charge in [-0.3, -0.25) is 0 Å². The summed E-state index contributed by atoms with van der Waals surface area (Å²) in [4.78, 5) is 0. The number of hydrogen-bond acceptors (Lipinski definition) is 8. The molecule has 0 spiro atoms. The van der Waals surface area contributed by atoms with Gasteiger partial charge in [0.25, 0.3) is 0 Å². The van der Waals surface area contributed by atoms with E-state index in [1.807, 2.05) is 0 Å². The third-order valence-electron chi connectivity index (χ3n) is 2.26. The summed E-state index contributed by atoms with van der Waals surface area (Å²) in [7, 11) is 0. The summed E-state index contributed by atoms with van der Waals surface area (Å²) in [6.45, 7) is 0.